The van der Waals surface area contributed by atoms with E-state index in [0.717, 1.165) is 11.1 Å². The van der Waals surface area contributed by atoms with Crippen LogP contribution in [0.4, 0.5) is 4.39 Å². The number of benzene rings is 1. The first kappa shape index (κ1) is 11.2. The molecule has 78 valence electrons. The monoisotopic (exact) mass is 195 g/mol. The van der Waals surface area contributed by atoms with Crippen LogP contribution in [0.2, 0.25) is 0 Å². The van der Waals surface area contributed by atoms with Crippen molar-refractivity contribution in [3.8, 4) is 0 Å². The number of aryl methyl sites for hydroxylation is 1. The fourth-order valence-corrected chi connectivity index (χ4v) is 1.65. The Hall–Kier alpha value is -0.890. The minimum Gasteiger partial charge on any atom is -0.320 e. The van der Waals surface area contributed by atoms with Crippen LogP contribution in [0, 0.1) is 6.92 Å². The van der Waals surface area contributed by atoms with E-state index in [4.69, 9.17) is 0 Å². The van der Waals surface area contributed by atoms with Crippen LogP contribution in [0.3, 0.4) is 0 Å². The number of nitrogens with one attached hydrogen (secondary N) is 1. The second-order valence-corrected chi connectivity index (χ2v) is 3.87. The average Bonchev–Trinajstić information content (AvgIpc) is 2.15. The van der Waals surface area contributed by atoms with Crippen LogP contribution in [0.5, 0.6) is 0 Å². The molecule has 0 bridgehead atoms. The molecule has 0 heterocycles. The summed E-state index contributed by atoms with van der Waals surface area (Å²) >= 11 is 0. The maximum Gasteiger partial charge on any atom is 0.134 e. The molecule has 0 aliphatic rings. The highest BCUT2D eigenvalue weighted by molar-refractivity contribution is 5.30. The SMILES string of the molecule is CNCCC(C)(F)c1ccccc1C. The lowest BCUT2D eigenvalue weighted by atomic mass is 9.91. The predicted molar refractivity (Wildman–Crippen MR) is 58.2 cm³/mol. The van der Waals surface area contributed by atoms with Crippen molar-refractivity contribution in [2.24, 2.45) is 0 Å². The quantitative estimate of drug-likeness (QED) is 0.779. The molecule has 0 saturated heterocycles. The smallest absolute Gasteiger partial charge is 0.134 e. The Kier molecular flexibility index (Phi) is 3.64. The van der Waals surface area contributed by atoms with Gasteiger partial charge in [0.25, 0.3) is 0 Å². The molecule has 0 amide bonds. The number of hydrogen-bond acceptors (Lipinski definition) is 1. The third-order valence-electron chi connectivity index (χ3n) is 2.55. The van der Waals surface area contributed by atoms with Crippen molar-refractivity contribution in [3.05, 3.63) is 35.4 Å². The van der Waals surface area contributed by atoms with Gasteiger partial charge in [0.2, 0.25) is 0 Å². The van der Waals surface area contributed by atoms with E-state index in [1.54, 1.807) is 6.92 Å². The summed E-state index contributed by atoms with van der Waals surface area (Å²) in [5.74, 6) is 0. The molecule has 0 spiro atoms. The molecule has 0 saturated carbocycles. The van der Waals surface area contributed by atoms with Gasteiger partial charge >= 0.3 is 0 Å². The lowest BCUT2D eigenvalue weighted by Gasteiger charge is -2.22. The van der Waals surface area contributed by atoms with Crippen LogP contribution in [0.25, 0.3) is 0 Å². The van der Waals surface area contributed by atoms with Crippen LogP contribution in [0.1, 0.15) is 24.5 Å². The summed E-state index contributed by atoms with van der Waals surface area (Å²) in [5.41, 5.74) is 0.595. The van der Waals surface area contributed by atoms with Crippen molar-refractivity contribution in [2.75, 3.05) is 13.6 Å². The first-order valence-corrected chi connectivity index (χ1v) is 4.97. The zero-order valence-corrected chi connectivity index (χ0v) is 9.10. The molecule has 1 rings (SSSR count). The van der Waals surface area contributed by atoms with E-state index in [1.165, 1.54) is 0 Å². The van der Waals surface area contributed by atoms with Crippen molar-refractivity contribution in [1.82, 2.24) is 5.32 Å². The summed E-state index contributed by atoms with van der Waals surface area (Å²) < 4.78 is 14.2. The van der Waals surface area contributed by atoms with Crippen molar-refractivity contribution in [1.29, 1.82) is 0 Å². The molecule has 1 nitrogen and oxygen atoms in total. The summed E-state index contributed by atoms with van der Waals surface area (Å²) in [6, 6.07) is 7.64. The second-order valence-electron chi connectivity index (χ2n) is 3.87. The lowest BCUT2D eigenvalue weighted by molar-refractivity contribution is 0.176. The minimum atomic E-state index is -1.23. The summed E-state index contributed by atoms with van der Waals surface area (Å²) in [4.78, 5) is 0. The van der Waals surface area contributed by atoms with E-state index < -0.39 is 5.67 Å². The maximum atomic E-state index is 14.2. The zero-order chi connectivity index (χ0) is 10.6. The fraction of sp³-hybridized carbons (Fsp3) is 0.500. The molecule has 14 heavy (non-hydrogen) atoms. The fourth-order valence-electron chi connectivity index (χ4n) is 1.65. The van der Waals surface area contributed by atoms with Crippen LogP contribution in [0.15, 0.2) is 24.3 Å². The third kappa shape index (κ3) is 2.55. The predicted octanol–water partition coefficient (Wildman–Crippen LogP) is 2.79. The molecule has 0 fully saturated rings. The summed E-state index contributed by atoms with van der Waals surface area (Å²) in [7, 11) is 1.84. The van der Waals surface area contributed by atoms with E-state index in [9.17, 15) is 4.39 Å². The van der Waals surface area contributed by atoms with E-state index in [2.05, 4.69) is 5.32 Å². The van der Waals surface area contributed by atoms with Gasteiger partial charge in [0.15, 0.2) is 0 Å². The van der Waals surface area contributed by atoms with Crippen molar-refractivity contribution in [3.63, 3.8) is 0 Å². The Labute approximate surface area is 85.3 Å². The molecule has 2 heteroatoms. The van der Waals surface area contributed by atoms with Gasteiger partial charge in [-0.05, 0) is 45.0 Å². The Balaban J connectivity index is 2.86. The molecule has 1 atom stereocenters. The number of alkyl halides is 1. The van der Waals surface area contributed by atoms with Gasteiger partial charge in [-0.15, -0.1) is 0 Å². The van der Waals surface area contributed by atoms with Gasteiger partial charge in [-0.3, -0.25) is 0 Å². The third-order valence-corrected chi connectivity index (χ3v) is 2.55. The minimum absolute atomic E-state index is 0.508. The molecule has 1 unspecified atom stereocenters. The summed E-state index contributed by atoms with van der Waals surface area (Å²) in [6.45, 7) is 4.29. The number of halogens is 1. The van der Waals surface area contributed by atoms with Crippen LogP contribution < -0.4 is 5.32 Å². The van der Waals surface area contributed by atoms with Gasteiger partial charge in [0.05, 0.1) is 0 Å². The van der Waals surface area contributed by atoms with Crippen molar-refractivity contribution < 1.29 is 4.39 Å². The van der Waals surface area contributed by atoms with Gasteiger partial charge in [-0.1, -0.05) is 24.3 Å². The summed E-state index contributed by atoms with van der Waals surface area (Å²) in [6.07, 6.45) is 0.508. The molecule has 1 aromatic carbocycles. The van der Waals surface area contributed by atoms with Gasteiger partial charge in [-0.25, -0.2) is 4.39 Å². The molecule has 0 aromatic heterocycles. The highest BCUT2D eigenvalue weighted by Gasteiger charge is 2.26. The Morgan fingerprint density at radius 3 is 2.57 bits per heavy atom. The van der Waals surface area contributed by atoms with Gasteiger partial charge < -0.3 is 5.32 Å². The van der Waals surface area contributed by atoms with Gasteiger partial charge in [0, 0.05) is 0 Å². The van der Waals surface area contributed by atoms with Gasteiger partial charge in [0.1, 0.15) is 5.67 Å². The van der Waals surface area contributed by atoms with Gasteiger partial charge in [-0.2, -0.15) is 0 Å². The lowest BCUT2D eigenvalue weighted by Crippen LogP contribution is -2.23. The van der Waals surface area contributed by atoms with Crippen LogP contribution in [-0.2, 0) is 5.67 Å². The Morgan fingerprint density at radius 1 is 1.36 bits per heavy atom. The Bertz CT molecular complexity index is 294. The molecule has 0 aliphatic heterocycles. The molecule has 1 N–H and O–H groups in total. The molecule has 0 radical (unpaired) electrons. The van der Waals surface area contributed by atoms with E-state index >= 15 is 0 Å². The first-order chi connectivity index (χ1) is 6.58. The topological polar surface area (TPSA) is 12.0 Å². The standard InChI is InChI=1S/C12H18FN/c1-10-6-4-5-7-11(10)12(2,13)8-9-14-3/h4-7,14H,8-9H2,1-3H3. The molecular weight excluding hydrogens is 177 g/mol. The first-order valence-electron chi connectivity index (χ1n) is 4.97. The van der Waals surface area contributed by atoms with Crippen molar-refractivity contribution >= 4 is 0 Å². The highest BCUT2D eigenvalue weighted by atomic mass is 19.1. The molecular formula is C12H18FN. The highest BCUT2D eigenvalue weighted by Crippen LogP contribution is 2.30. The molecule has 1 aromatic rings. The average molecular weight is 195 g/mol. The number of hydrogen-bond donors (Lipinski definition) is 1. The van der Waals surface area contributed by atoms with E-state index in [1.807, 2.05) is 38.2 Å². The molecule has 0 aliphatic carbocycles. The van der Waals surface area contributed by atoms with Crippen LogP contribution in [-0.4, -0.2) is 13.6 Å². The van der Waals surface area contributed by atoms with Crippen LogP contribution >= 0.6 is 0 Å². The van der Waals surface area contributed by atoms with E-state index in [0.29, 0.717) is 13.0 Å². The van der Waals surface area contributed by atoms with Crippen molar-refractivity contribution in [2.45, 2.75) is 25.9 Å². The Morgan fingerprint density at radius 2 is 2.00 bits per heavy atom. The maximum absolute atomic E-state index is 14.2. The summed E-state index contributed by atoms with van der Waals surface area (Å²) in [5, 5.41) is 2.97. The normalized spacial score (nSPS) is 15.1. The van der Waals surface area contributed by atoms with E-state index in [-0.39, 0.29) is 0 Å². The largest absolute Gasteiger partial charge is 0.320 e. The second kappa shape index (κ2) is 4.56. The zero-order valence-electron chi connectivity index (χ0n) is 9.10. The number of rotatable bonds is 4.